The molecule has 0 heterocycles. The van der Waals surface area contributed by atoms with Crippen molar-refractivity contribution in [1.82, 2.24) is 10.9 Å². The molecule has 0 atom stereocenters. The number of nitrogens with one attached hydrogen (secondary N) is 2. The second kappa shape index (κ2) is 13.7. The van der Waals surface area contributed by atoms with E-state index in [0.29, 0.717) is 35.7 Å². The average Bonchev–Trinajstić information content (AvgIpc) is 2.78. The van der Waals surface area contributed by atoms with Gasteiger partial charge in [0.25, 0.3) is 0 Å². The highest BCUT2D eigenvalue weighted by atomic mass is 35.5. The maximum Gasteiger partial charge on any atom is 0.240 e. The van der Waals surface area contributed by atoms with Gasteiger partial charge >= 0.3 is 0 Å². The molecule has 0 unspecified atom stereocenters. The van der Waals surface area contributed by atoms with Gasteiger partial charge in [0.2, 0.25) is 11.8 Å². The van der Waals surface area contributed by atoms with Crippen LogP contribution in [0.1, 0.15) is 63.5 Å². The maximum absolute atomic E-state index is 12.1. The average molecular weight is 475 g/mol. The Balaban J connectivity index is 1.74. The second-order valence-electron chi connectivity index (χ2n) is 7.12. The number of hydrogen-bond donors (Lipinski definition) is 2. The fraction of sp³-hybridized carbons (Fsp3) is 0.333. The number of carbonyl (C=O) groups excluding carboxylic acids is 2. The summed E-state index contributed by atoms with van der Waals surface area (Å²) >= 11 is 12.0. The predicted molar refractivity (Wildman–Crippen MR) is 131 cm³/mol. The Hall–Kier alpha value is -2.70. The molecule has 0 aliphatic carbocycles. The van der Waals surface area contributed by atoms with Crippen LogP contribution in [0.3, 0.4) is 0 Å². The van der Waals surface area contributed by atoms with Crippen LogP contribution in [0.2, 0.25) is 10.0 Å². The molecule has 8 heteroatoms. The fourth-order valence-corrected chi connectivity index (χ4v) is 3.35. The van der Waals surface area contributed by atoms with Gasteiger partial charge in [0, 0.05) is 22.9 Å². The van der Waals surface area contributed by atoms with E-state index in [-0.39, 0.29) is 24.7 Å². The number of amides is 2. The Bertz CT molecular complexity index is 910. The third kappa shape index (κ3) is 8.81. The van der Waals surface area contributed by atoms with Crippen molar-refractivity contribution in [2.45, 2.75) is 52.4 Å². The van der Waals surface area contributed by atoms with Crippen LogP contribution in [-0.4, -0.2) is 23.2 Å². The summed E-state index contributed by atoms with van der Waals surface area (Å²) in [7, 11) is 0. The molecule has 0 radical (unpaired) electrons. The molecule has 0 saturated carbocycles. The number of carbonyl (C=O) groups is 2. The molecular weight excluding hydrogens is 447 g/mol. The Morgan fingerprint density at radius 2 is 1.16 bits per heavy atom. The molecule has 32 heavy (non-hydrogen) atoms. The molecule has 0 saturated heterocycles. The van der Waals surface area contributed by atoms with E-state index in [1.807, 2.05) is 50.2 Å². The molecule has 0 aromatic heterocycles. The van der Waals surface area contributed by atoms with Gasteiger partial charge in [-0.1, -0.05) is 61.3 Å². The van der Waals surface area contributed by atoms with Crippen molar-refractivity contribution in [3.05, 3.63) is 69.7 Å². The van der Waals surface area contributed by atoms with E-state index >= 15 is 0 Å². The molecular formula is C24H28Cl2N4O2. The lowest BCUT2D eigenvalue weighted by Crippen LogP contribution is -2.21. The zero-order chi connectivity index (χ0) is 23.3. The quantitative estimate of drug-likeness (QED) is 0.248. The normalized spacial score (nSPS) is 11.9. The number of halogens is 2. The lowest BCUT2D eigenvalue weighted by molar-refractivity contribution is -0.123. The minimum atomic E-state index is -0.189. The number of benzene rings is 2. The lowest BCUT2D eigenvalue weighted by Gasteiger charge is -2.07. The van der Waals surface area contributed by atoms with E-state index in [1.54, 1.807) is 12.1 Å². The Morgan fingerprint density at radius 1 is 0.750 bits per heavy atom. The van der Waals surface area contributed by atoms with Gasteiger partial charge in [-0.3, -0.25) is 9.59 Å². The molecule has 170 valence electrons. The summed E-state index contributed by atoms with van der Waals surface area (Å²) in [6, 6.07) is 14.7. The lowest BCUT2D eigenvalue weighted by atomic mass is 10.1. The van der Waals surface area contributed by atoms with Crippen LogP contribution in [0.4, 0.5) is 0 Å². The minimum absolute atomic E-state index is 0.189. The van der Waals surface area contributed by atoms with Gasteiger partial charge in [-0.2, -0.15) is 10.2 Å². The highest BCUT2D eigenvalue weighted by molar-refractivity contribution is 6.31. The summed E-state index contributed by atoms with van der Waals surface area (Å²) in [5.74, 6) is -0.378. The second-order valence-corrected chi connectivity index (χ2v) is 7.99. The van der Waals surface area contributed by atoms with Crippen molar-refractivity contribution >= 4 is 46.4 Å². The third-order valence-corrected chi connectivity index (χ3v) is 5.14. The Labute approximate surface area is 199 Å². The highest BCUT2D eigenvalue weighted by Crippen LogP contribution is 2.14. The third-order valence-electron chi connectivity index (χ3n) is 4.67. The molecule has 2 rings (SSSR count). The first-order chi connectivity index (χ1) is 15.4. The maximum atomic E-state index is 12.1. The summed E-state index contributed by atoms with van der Waals surface area (Å²) in [5, 5.41) is 9.67. The fourth-order valence-electron chi connectivity index (χ4n) is 2.97. The van der Waals surface area contributed by atoms with Crippen molar-refractivity contribution in [3.8, 4) is 0 Å². The van der Waals surface area contributed by atoms with Crippen LogP contribution >= 0.6 is 23.2 Å². The van der Waals surface area contributed by atoms with Crippen LogP contribution in [0, 0.1) is 0 Å². The van der Waals surface area contributed by atoms with Gasteiger partial charge in [0.15, 0.2) is 0 Å². The first-order valence-electron chi connectivity index (χ1n) is 10.7. The van der Waals surface area contributed by atoms with E-state index in [4.69, 9.17) is 23.2 Å². The van der Waals surface area contributed by atoms with Crippen molar-refractivity contribution in [1.29, 1.82) is 0 Å². The van der Waals surface area contributed by atoms with E-state index in [1.165, 1.54) is 0 Å². The number of rotatable bonds is 11. The van der Waals surface area contributed by atoms with Gasteiger partial charge in [0.05, 0.1) is 11.4 Å². The topological polar surface area (TPSA) is 82.9 Å². The molecule has 2 amide bonds. The largest absolute Gasteiger partial charge is 0.273 e. The zero-order valence-electron chi connectivity index (χ0n) is 18.3. The molecule has 6 nitrogen and oxygen atoms in total. The molecule has 2 aromatic carbocycles. The number of hydrogen-bond acceptors (Lipinski definition) is 4. The zero-order valence-corrected chi connectivity index (χ0v) is 19.8. The first-order valence-corrected chi connectivity index (χ1v) is 11.4. The van der Waals surface area contributed by atoms with Gasteiger partial charge < -0.3 is 0 Å². The Kier molecular flexibility index (Phi) is 10.9. The standard InChI is InChI=1S/C24H28Cl2N4O2/c1-3-21(17-9-7-11-19(25)15-17)27-29-23(31)13-5-6-14-24(32)30-28-22(4-2)18-10-8-12-20(26)16-18/h7-12,15-16H,3-6,13-14H2,1-2H3,(H,29,31)(H,30,32). The molecule has 0 aliphatic heterocycles. The van der Waals surface area contributed by atoms with Crippen molar-refractivity contribution in [2.75, 3.05) is 0 Å². The predicted octanol–water partition coefficient (Wildman–Crippen LogP) is 5.71. The minimum Gasteiger partial charge on any atom is -0.273 e. The van der Waals surface area contributed by atoms with Gasteiger partial charge in [-0.15, -0.1) is 0 Å². The number of nitrogens with zero attached hydrogens (tertiary/aromatic N) is 2. The van der Waals surface area contributed by atoms with Crippen LogP contribution in [0.15, 0.2) is 58.7 Å². The molecule has 2 N–H and O–H groups in total. The van der Waals surface area contributed by atoms with Crippen LogP contribution < -0.4 is 10.9 Å². The SMILES string of the molecule is CCC(=NNC(=O)CCCCC(=O)NN=C(CC)c1cccc(Cl)c1)c1cccc(Cl)c1. The van der Waals surface area contributed by atoms with Gasteiger partial charge in [-0.05, 0) is 61.1 Å². The first kappa shape index (κ1) is 25.6. The number of hydrazone groups is 2. The van der Waals surface area contributed by atoms with Gasteiger partial charge in [0.1, 0.15) is 0 Å². The van der Waals surface area contributed by atoms with Crippen LogP contribution in [-0.2, 0) is 9.59 Å². The molecule has 0 spiro atoms. The van der Waals surface area contributed by atoms with Crippen molar-refractivity contribution < 1.29 is 9.59 Å². The summed E-state index contributed by atoms with van der Waals surface area (Å²) in [6.45, 7) is 3.92. The van der Waals surface area contributed by atoms with E-state index in [2.05, 4.69) is 21.1 Å². The van der Waals surface area contributed by atoms with Crippen LogP contribution in [0.5, 0.6) is 0 Å². The summed E-state index contributed by atoms with van der Waals surface area (Å²) < 4.78 is 0. The van der Waals surface area contributed by atoms with Crippen molar-refractivity contribution in [3.63, 3.8) is 0 Å². The summed E-state index contributed by atoms with van der Waals surface area (Å²) in [5.41, 5.74) is 8.43. The van der Waals surface area contributed by atoms with Crippen molar-refractivity contribution in [2.24, 2.45) is 10.2 Å². The Morgan fingerprint density at radius 3 is 1.50 bits per heavy atom. The van der Waals surface area contributed by atoms with E-state index in [0.717, 1.165) is 22.6 Å². The van der Waals surface area contributed by atoms with E-state index in [9.17, 15) is 9.59 Å². The summed E-state index contributed by atoms with van der Waals surface area (Å²) in [4.78, 5) is 24.1. The van der Waals surface area contributed by atoms with Crippen LogP contribution in [0.25, 0.3) is 0 Å². The van der Waals surface area contributed by atoms with Gasteiger partial charge in [-0.25, -0.2) is 10.9 Å². The van der Waals surface area contributed by atoms with E-state index < -0.39 is 0 Å². The highest BCUT2D eigenvalue weighted by Gasteiger charge is 2.07. The monoisotopic (exact) mass is 474 g/mol. The molecule has 2 aromatic rings. The number of unbranched alkanes of at least 4 members (excludes halogenated alkanes) is 1. The smallest absolute Gasteiger partial charge is 0.240 e. The molecule has 0 fully saturated rings. The summed E-state index contributed by atoms with van der Waals surface area (Å²) in [6.07, 6.45) is 3.05. The molecule has 0 aliphatic rings. The molecule has 0 bridgehead atoms.